The Kier molecular flexibility index (Phi) is 8.89. The Bertz CT molecular complexity index is 821. The molecule has 0 amide bonds. The highest BCUT2D eigenvalue weighted by atomic mass is 127. The van der Waals surface area contributed by atoms with Crippen molar-refractivity contribution < 1.29 is 9.13 Å². The summed E-state index contributed by atoms with van der Waals surface area (Å²) in [6, 6.07) is 15.3. The average molecular weight is 511 g/mol. The van der Waals surface area contributed by atoms with E-state index >= 15 is 0 Å². The molecule has 0 spiro atoms. The summed E-state index contributed by atoms with van der Waals surface area (Å²) in [7, 11) is 3.76. The van der Waals surface area contributed by atoms with Gasteiger partial charge in [-0.05, 0) is 48.6 Å². The maximum atomic E-state index is 13.5. The van der Waals surface area contributed by atoms with Crippen LogP contribution in [-0.4, -0.2) is 44.7 Å². The number of guanidine groups is 1. The third kappa shape index (κ3) is 5.92. The summed E-state index contributed by atoms with van der Waals surface area (Å²) in [4.78, 5) is 6.47. The summed E-state index contributed by atoms with van der Waals surface area (Å²) in [5, 5.41) is 3.57. The van der Waals surface area contributed by atoms with Crippen LogP contribution >= 0.6 is 24.0 Å². The van der Waals surface area contributed by atoms with E-state index in [2.05, 4.69) is 41.5 Å². The lowest BCUT2D eigenvalue weighted by Crippen LogP contribution is -2.48. The van der Waals surface area contributed by atoms with E-state index < -0.39 is 0 Å². The summed E-state index contributed by atoms with van der Waals surface area (Å²) in [5.41, 5.74) is 3.65. The molecule has 158 valence electrons. The van der Waals surface area contributed by atoms with Gasteiger partial charge >= 0.3 is 0 Å². The molecule has 0 aromatic heterocycles. The van der Waals surface area contributed by atoms with Gasteiger partial charge < -0.3 is 15.0 Å². The molecule has 0 unspecified atom stereocenters. The second-order valence-corrected chi connectivity index (χ2v) is 7.59. The number of benzene rings is 2. The van der Waals surface area contributed by atoms with Crippen LogP contribution in [0.25, 0.3) is 0 Å². The maximum absolute atomic E-state index is 13.5. The maximum Gasteiger partial charge on any atom is 0.193 e. The van der Waals surface area contributed by atoms with Gasteiger partial charge in [0.05, 0.1) is 0 Å². The van der Waals surface area contributed by atoms with E-state index in [9.17, 15) is 4.39 Å². The van der Waals surface area contributed by atoms with Gasteiger partial charge in [0.2, 0.25) is 0 Å². The van der Waals surface area contributed by atoms with Crippen LogP contribution in [0.5, 0.6) is 0 Å². The van der Waals surface area contributed by atoms with E-state index in [1.165, 1.54) is 17.2 Å². The second-order valence-electron chi connectivity index (χ2n) is 7.59. The van der Waals surface area contributed by atoms with Gasteiger partial charge in [-0.25, -0.2) is 4.39 Å². The van der Waals surface area contributed by atoms with Crippen LogP contribution in [-0.2, 0) is 16.7 Å². The molecule has 1 saturated heterocycles. The molecule has 0 bridgehead atoms. The normalized spacial score (nSPS) is 16.1. The highest BCUT2D eigenvalue weighted by Crippen LogP contribution is 2.36. The van der Waals surface area contributed by atoms with Crippen LogP contribution in [0.15, 0.2) is 53.5 Å². The second kappa shape index (κ2) is 10.9. The van der Waals surface area contributed by atoms with E-state index in [4.69, 9.17) is 4.74 Å². The highest BCUT2D eigenvalue weighted by Gasteiger charge is 2.35. The number of aryl methyl sites for hydroxylation is 1. The molecule has 3 rings (SSSR count). The molecule has 4 nitrogen and oxygen atoms in total. The Morgan fingerprint density at radius 2 is 1.90 bits per heavy atom. The van der Waals surface area contributed by atoms with Crippen molar-refractivity contribution in [1.29, 1.82) is 0 Å². The number of rotatable bonds is 5. The van der Waals surface area contributed by atoms with Gasteiger partial charge in [0.25, 0.3) is 0 Å². The average Bonchev–Trinajstić information content (AvgIpc) is 2.69. The molecule has 2 aromatic rings. The van der Waals surface area contributed by atoms with Crippen molar-refractivity contribution in [2.75, 3.05) is 33.9 Å². The molecular formula is C23H31FIN3O. The SMILES string of the molecule is CN=C(NCC1(c2ccccc2C)CCOCC1)N(C)Cc1cccc(F)c1.I. The molecule has 0 saturated carbocycles. The fraction of sp³-hybridized carbons (Fsp3) is 0.435. The molecule has 1 aliphatic heterocycles. The van der Waals surface area contributed by atoms with Gasteiger partial charge in [0, 0.05) is 45.8 Å². The number of halogens is 2. The predicted octanol–water partition coefficient (Wildman–Crippen LogP) is 4.51. The number of aliphatic imine (C=N–C) groups is 1. The van der Waals surface area contributed by atoms with Crippen LogP contribution in [0.2, 0.25) is 0 Å². The molecule has 1 heterocycles. The Balaban J connectivity index is 0.00000300. The lowest BCUT2D eigenvalue weighted by atomic mass is 9.72. The minimum Gasteiger partial charge on any atom is -0.381 e. The Morgan fingerprint density at radius 1 is 1.17 bits per heavy atom. The Morgan fingerprint density at radius 3 is 2.55 bits per heavy atom. The standard InChI is InChI=1S/C23H30FN3O.HI/c1-18-7-4-5-10-21(18)23(11-13-28-14-12-23)17-26-22(25-2)27(3)16-19-8-6-9-20(24)15-19;/h4-10,15H,11-14,16-17H2,1-3H3,(H,25,26);1H. The van der Waals surface area contributed by atoms with Crippen molar-refractivity contribution in [1.82, 2.24) is 10.2 Å². The first kappa shape index (κ1) is 23.6. The zero-order valence-electron chi connectivity index (χ0n) is 17.5. The molecule has 29 heavy (non-hydrogen) atoms. The molecule has 1 fully saturated rings. The van der Waals surface area contributed by atoms with Crippen LogP contribution < -0.4 is 5.32 Å². The van der Waals surface area contributed by atoms with E-state index in [0.717, 1.165) is 44.1 Å². The largest absolute Gasteiger partial charge is 0.381 e. The minimum absolute atomic E-state index is 0. The Hall–Kier alpha value is -1.67. The first-order valence-corrected chi connectivity index (χ1v) is 9.84. The lowest BCUT2D eigenvalue weighted by molar-refractivity contribution is 0.0510. The highest BCUT2D eigenvalue weighted by molar-refractivity contribution is 14.0. The first-order valence-electron chi connectivity index (χ1n) is 9.84. The van der Waals surface area contributed by atoms with Gasteiger partial charge in [-0.3, -0.25) is 4.99 Å². The lowest BCUT2D eigenvalue weighted by Gasteiger charge is -2.39. The zero-order chi connectivity index (χ0) is 20.0. The van der Waals surface area contributed by atoms with Crippen molar-refractivity contribution in [2.24, 2.45) is 4.99 Å². The van der Waals surface area contributed by atoms with Crippen molar-refractivity contribution in [2.45, 2.75) is 31.7 Å². The van der Waals surface area contributed by atoms with E-state index in [0.29, 0.717) is 6.54 Å². The topological polar surface area (TPSA) is 36.9 Å². The third-order valence-corrected chi connectivity index (χ3v) is 5.63. The third-order valence-electron chi connectivity index (χ3n) is 5.63. The van der Waals surface area contributed by atoms with Gasteiger partial charge in [-0.1, -0.05) is 36.4 Å². The van der Waals surface area contributed by atoms with Gasteiger partial charge in [-0.2, -0.15) is 0 Å². The van der Waals surface area contributed by atoms with Crippen molar-refractivity contribution in [3.63, 3.8) is 0 Å². The van der Waals surface area contributed by atoms with Gasteiger partial charge in [0.15, 0.2) is 5.96 Å². The summed E-state index contributed by atoms with van der Waals surface area (Å²) >= 11 is 0. The van der Waals surface area contributed by atoms with Crippen LogP contribution in [0, 0.1) is 12.7 Å². The Labute approximate surface area is 190 Å². The molecule has 0 aliphatic carbocycles. The number of hydrogen-bond donors (Lipinski definition) is 1. The monoisotopic (exact) mass is 511 g/mol. The number of nitrogens with one attached hydrogen (secondary N) is 1. The van der Waals surface area contributed by atoms with E-state index in [1.807, 2.05) is 18.0 Å². The molecule has 1 N–H and O–H groups in total. The van der Waals surface area contributed by atoms with E-state index in [1.54, 1.807) is 19.2 Å². The number of hydrogen-bond acceptors (Lipinski definition) is 2. The van der Waals surface area contributed by atoms with Crippen LogP contribution in [0.1, 0.15) is 29.5 Å². The molecule has 1 aliphatic rings. The van der Waals surface area contributed by atoms with Crippen LogP contribution in [0.3, 0.4) is 0 Å². The summed E-state index contributed by atoms with van der Waals surface area (Å²) in [5.74, 6) is 0.596. The molecular weight excluding hydrogens is 480 g/mol. The molecule has 6 heteroatoms. The fourth-order valence-corrected chi connectivity index (χ4v) is 4.09. The predicted molar refractivity (Wildman–Crippen MR) is 128 cm³/mol. The van der Waals surface area contributed by atoms with E-state index in [-0.39, 0.29) is 35.2 Å². The molecule has 0 atom stereocenters. The zero-order valence-corrected chi connectivity index (χ0v) is 19.8. The minimum atomic E-state index is -0.213. The van der Waals surface area contributed by atoms with Gasteiger partial charge in [0.1, 0.15) is 5.82 Å². The fourth-order valence-electron chi connectivity index (χ4n) is 4.09. The van der Waals surface area contributed by atoms with Crippen LogP contribution in [0.4, 0.5) is 4.39 Å². The quantitative estimate of drug-likeness (QED) is 0.365. The summed E-state index contributed by atoms with van der Waals surface area (Å²) in [6.07, 6.45) is 1.96. The van der Waals surface area contributed by atoms with Crippen molar-refractivity contribution in [3.05, 3.63) is 71.0 Å². The summed E-state index contributed by atoms with van der Waals surface area (Å²) < 4.78 is 19.1. The molecule has 0 radical (unpaired) electrons. The van der Waals surface area contributed by atoms with Crippen molar-refractivity contribution >= 4 is 29.9 Å². The summed E-state index contributed by atoms with van der Waals surface area (Å²) in [6.45, 7) is 5.11. The molecule has 2 aromatic carbocycles. The number of ether oxygens (including phenoxy) is 1. The first-order chi connectivity index (χ1) is 13.5. The smallest absolute Gasteiger partial charge is 0.193 e. The number of nitrogens with zero attached hydrogens (tertiary/aromatic N) is 2. The van der Waals surface area contributed by atoms with Crippen molar-refractivity contribution in [3.8, 4) is 0 Å². The van der Waals surface area contributed by atoms with Gasteiger partial charge in [-0.15, -0.1) is 24.0 Å².